The van der Waals surface area contributed by atoms with E-state index in [4.69, 9.17) is 17.4 Å². The van der Waals surface area contributed by atoms with Crippen molar-refractivity contribution in [3.8, 4) is 22.3 Å². The average molecular weight is 323 g/mol. The highest BCUT2D eigenvalue weighted by Crippen LogP contribution is 2.30. The summed E-state index contributed by atoms with van der Waals surface area (Å²) >= 11 is 6.27. The van der Waals surface area contributed by atoms with Crippen molar-refractivity contribution in [2.24, 2.45) is 5.84 Å². The minimum Gasteiger partial charge on any atom is -0.290 e. The molecule has 1 amide bonds. The maximum Gasteiger partial charge on any atom is 0.265 e. The predicted molar refractivity (Wildman–Crippen MR) is 94.0 cm³/mol. The van der Waals surface area contributed by atoms with Crippen LogP contribution in [0.2, 0.25) is 5.02 Å². The first-order valence-electron chi connectivity index (χ1n) is 7.15. The van der Waals surface area contributed by atoms with Gasteiger partial charge in [0.15, 0.2) is 0 Å². The molecule has 0 bridgehead atoms. The van der Waals surface area contributed by atoms with Crippen LogP contribution in [0, 0.1) is 0 Å². The van der Waals surface area contributed by atoms with Gasteiger partial charge in [0.2, 0.25) is 0 Å². The average Bonchev–Trinajstić information content (AvgIpc) is 2.62. The van der Waals surface area contributed by atoms with Crippen molar-refractivity contribution in [1.82, 2.24) is 5.43 Å². The summed E-state index contributed by atoms with van der Waals surface area (Å²) in [4.78, 5) is 11.7. The van der Waals surface area contributed by atoms with Gasteiger partial charge in [0, 0.05) is 16.1 Å². The number of hydrogen-bond donors (Lipinski definition) is 2. The fraction of sp³-hybridized carbons (Fsp3) is 0. The molecule has 0 aliphatic rings. The molecule has 0 fully saturated rings. The molecule has 0 spiro atoms. The number of amides is 1. The monoisotopic (exact) mass is 322 g/mol. The molecule has 4 heteroatoms. The maximum atomic E-state index is 11.7. The minimum absolute atomic E-state index is 0.344. The zero-order valence-corrected chi connectivity index (χ0v) is 13.0. The number of nitrogens with two attached hydrogens (primary N) is 1. The van der Waals surface area contributed by atoms with Gasteiger partial charge in [-0.3, -0.25) is 10.2 Å². The third kappa shape index (κ3) is 3.26. The van der Waals surface area contributed by atoms with E-state index >= 15 is 0 Å². The van der Waals surface area contributed by atoms with E-state index in [1.165, 1.54) is 0 Å². The van der Waals surface area contributed by atoms with Crippen LogP contribution in [0.25, 0.3) is 22.3 Å². The predicted octanol–water partition coefficient (Wildman–Crippen LogP) is 4.28. The second-order valence-corrected chi connectivity index (χ2v) is 5.52. The number of hydrogen-bond acceptors (Lipinski definition) is 2. The van der Waals surface area contributed by atoms with E-state index in [0.717, 1.165) is 22.3 Å². The maximum absolute atomic E-state index is 11.7. The third-order valence-electron chi connectivity index (χ3n) is 3.66. The van der Waals surface area contributed by atoms with Crippen LogP contribution in [-0.4, -0.2) is 5.91 Å². The molecule has 0 heterocycles. The molecule has 114 valence electrons. The zero-order valence-electron chi connectivity index (χ0n) is 12.3. The Hall–Kier alpha value is -2.62. The molecule has 3 N–H and O–H groups in total. The van der Waals surface area contributed by atoms with Gasteiger partial charge in [-0.2, -0.15) is 0 Å². The van der Waals surface area contributed by atoms with Crippen LogP contribution in [-0.2, 0) is 0 Å². The van der Waals surface area contributed by atoms with Crippen LogP contribution >= 0.6 is 11.6 Å². The highest BCUT2D eigenvalue weighted by Gasteiger charge is 2.09. The van der Waals surface area contributed by atoms with Gasteiger partial charge in [0.25, 0.3) is 5.91 Å². The van der Waals surface area contributed by atoms with Crippen molar-refractivity contribution >= 4 is 17.5 Å². The van der Waals surface area contributed by atoms with Crippen molar-refractivity contribution in [3.63, 3.8) is 0 Å². The van der Waals surface area contributed by atoms with Gasteiger partial charge in [0.05, 0.1) is 0 Å². The molecule has 3 rings (SSSR count). The van der Waals surface area contributed by atoms with Crippen molar-refractivity contribution in [3.05, 3.63) is 83.4 Å². The first-order chi connectivity index (χ1) is 11.2. The lowest BCUT2D eigenvalue weighted by molar-refractivity contribution is 0.0953. The summed E-state index contributed by atoms with van der Waals surface area (Å²) in [5.41, 5.74) is 6.62. The Labute approximate surface area is 139 Å². The van der Waals surface area contributed by atoms with Crippen molar-refractivity contribution in [2.45, 2.75) is 0 Å². The number of nitrogen functional groups attached to an aromatic ring is 1. The summed E-state index contributed by atoms with van der Waals surface area (Å²) in [7, 11) is 0. The SMILES string of the molecule is NNC(=O)c1ccc(Cl)c(-c2ccc(-c3ccccc3)cc2)c1. The van der Waals surface area contributed by atoms with Gasteiger partial charge >= 0.3 is 0 Å². The van der Waals surface area contributed by atoms with Gasteiger partial charge in [0.1, 0.15) is 0 Å². The molecule has 23 heavy (non-hydrogen) atoms. The Balaban J connectivity index is 1.98. The number of carbonyl (C=O) groups excluding carboxylic acids is 1. The molecule has 3 aromatic carbocycles. The molecule has 0 aromatic heterocycles. The molecule has 0 atom stereocenters. The minimum atomic E-state index is -0.344. The number of hydrazine groups is 1. The molecule has 3 nitrogen and oxygen atoms in total. The molecule has 0 saturated heterocycles. The van der Waals surface area contributed by atoms with Gasteiger partial charge < -0.3 is 0 Å². The fourth-order valence-electron chi connectivity index (χ4n) is 2.44. The molecule has 0 aliphatic heterocycles. The summed E-state index contributed by atoms with van der Waals surface area (Å²) < 4.78 is 0. The molecule has 0 unspecified atom stereocenters. The Morgan fingerprint density at radius 2 is 1.43 bits per heavy atom. The van der Waals surface area contributed by atoms with E-state index in [1.54, 1.807) is 18.2 Å². The third-order valence-corrected chi connectivity index (χ3v) is 3.99. The fourth-order valence-corrected chi connectivity index (χ4v) is 2.67. The second-order valence-electron chi connectivity index (χ2n) is 5.11. The smallest absolute Gasteiger partial charge is 0.265 e. The summed E-state index contributed by atoms with van der Waals surface area (Å²) in [6.45, 7) is 0. The number of rotatable bonds is 3. The highest BCUT2D eigenvalue weighted by molar-refractivity contribution is 6.33. The van der Waals surface area contributed by atoms with Crippen LogP contribution in [0.15, 0.2) is 72.8 Å². The van der Waals surface area contributed by atoms with Gasteiger partial charge in [-0.1, -0.05) is 66.2 Å². The van der Waals surface area contributed by atoms with Crippen LogP contribution in [0.4, 0.5) is 0 Å². The van der Waals surface area contributed by atoms with E-state index in [9.17, 15) is 4.79 Å². The summed E-state index contributed by atoms with van der Waals surface area (Å²) in [5.74, 6) is 4.84. The molecule has 3 aromatic rings. The zero-order chi connectivity index (χ0) is 16.2. The van der Waals surface area contributed by atoms with Crippen LogP contribution in [0.5, 0.6) is 0 Å². The molecule has 0 saturated carbocycles. The molecular formula is C19H15ClN2O. The van der Waals surface area contributed by atoms with E-state index in [-0.39, 0.29) is 5.91 Å². The van der Waals surface area contributed by atoms with E-state index in [0.29, 0.717) is 10.6 Å². The van der Waals surface area contributed by atoms with Crippen molar-refractivity contribution in [2.75, 3.05) is 0 Å². The molecule has 0 radical (unpaired) electrons. The lowest BCUT2D eigenvalue weighted by atomic mass is 9.99. The normalized spacial score (nSPS) is 10.3. The standard InChI is InChI=1S/C19H15ClN2O/c20-18-11-10-16(19(23)22-21)12-17(18)15-8-6-14(7-9-15)13-4-2-1-3-5-13/h1-12H,21H2,(H,22,23). The van der Waals surface area contributed by atoms with E-state index in [2.05, 4.69) is 17.6 Å². The van der Waals surface area contributed by atoms with Gasteiger partial charge in [-0.25, -0.2) is 5.84 Å². The van der Waals surface area contributed by atoms with Crippen LogP contribution in [0.3, 0.4) is 0 Å². The van der Waals surface area contributed by atoms with E-state index in [1.807, 2.05) is 42.5 Å². The quantitative estimate of drug-likeness (QED) is 0.429. The Bertz CT molecular complexity index is 830. The van der Waals surface area contributed by atoms with Gasteiger partial charge in [-0.05, 0) is 34.9 Å². The topological polar surface area (TPSA) is 55.1 Å². The summed E-state index contributed by atoms with van der Waals surface area (Å²) in [6.07, 6.45) is 0. The Morgan fingerprint density at radius 3 is 2.09 bits per heavy atom. The van der Waals surface area contributed by atoms with Crippen molar-refractivity contribution in [1.29, 1.82) is 0 Å². The van der Waals surface area contributed by atoms with Crippen LogP contribution in [0.1, 0.15) is 10.4 Å². The summed E-state index contributed by atoms with van der Waals surface area (Å²) in [5, 5.41) is 0.589. The number of benzene rings is 3. The number of nitrogens with one attached hydrogen (secondary N) is 1. The van der Waals surface area contributed by atoms with Crippen molar-refractivity contribution < 1.29 is 4.79 Å². The van der Waals surface area contributed by atoms with Gasteiger partial charge in [-0.15, -0.1) is 0 Å². The lowest BCUT2D eigenvalue weighted by Crippen LogP contribution is -2.29. The first-order valence-corrected chi connectivity index (χ1v) is 7.53. The van der Waals surface area contributed by atoms with Crippen LogP contribution < -0.4 is 11.3 Å². The lowest BCUT2D eigenvalue weighted by Gasteiger charge is -2.09. The molecular weight excluding hydrogens is 308 g/mol. The summed E-state index contributed by atoms with van der Waals surface area (Å²) in [6, 6.07) is 23.3. The Kier molecular flexibility index (Phi) is 4.42. The highest BCUT2D eigenvalue weighted by atomic mass is 35.5. The molecule has 0 aliphatic carbocycles. The van der Waals surface area contributed by atoms with E-state index < -0.39 is 0 Å². The Morgan fingerprint density at radius 1 is 0.826 bits per heavy atom. The second kappa shape index (κ2) is 6.65. The number of carbonyl (C=O) groups is 1. The number of halogens is 1. The largest absolute Gasteiger partial charge is 0.290 e. The first kappa shape index (κ1) is 15.3.